The van der Waals surface area contributed by atoms with Crippen molar-refractivity contribution >= 4 is 101 Å². The quantitative estimate of drug-likeness (QED) is 0.167. The van der Waals surface area contributed by atoms with Crippen molar-refractivity contribution in [1.82, 2.24) is 9.13 Å². The summed E-state index contributed by atoms with van der Waals surface area (Å²) in [5.74, 6) is 0. The van der Waals surface area contributed by atoms with Crippen LogP contribution in [0.1, 0.15) is 0 Å². The highest BCUT2D eigenvalue weighted by molar-refractivity contribution is 7.00. The minimum absolute atomic E-state index is 0.0124. The maximum absolute atomic E-state index is 2.53. The first-order valence-electron chi connectivity index (χ1n) is 20.4. The first kappa shape index (κ1) is 32.3. The van der Waals surface area contributed by atoms with Gasteiger partial charge in [0.05, 0.1) is 27.8 Å². The molecule has 2 aromatic heterocycles. The van der Waals surface area contributed by atoms with E-state index in [2.05, 4.69) is 231 Å². The van der Waals surface area contributed by atoms with Gasteiger partial charge in [0.25, 0.3) is 6.71 Å². The van der Waals surface area contributed by atoms with Crippen LogP contribution in [0.4, 0.5) is 34.1 Å². The number of rotatable bonds is 4. The molecule has 59 heavy (non-hydrogen) atoms. The molecule has 0 radical (unpaired) electrons. The average molecular weight is 751 g/mol. The van der Waals surface area contributed by atoms with Crippen molar-refractivity contribution in [3.05, 3.63) is 212 Å². The highest BCUT2D eigenvalue weighted by Crippen LogP contribution is 2.47. The highest BCUT2D eigenvalue weighted by atomic mass is 15.2. The molecule has 13 rings (SSSR count). The molecule has 2 aliphatic rings. The number of fused-ring (bicyclic) bond motifs is 10. The molecule has 0 bridgehead atoms. The van der Waals surface area contributed by atoms with Crippen LogP contribution in [0.2, 0.25) is 0 Å². The van der Waals surface area contributed by atoms with Gasteiger partial charge in [0.1, 0.15) is 0 Å². The lowest BCUT2D eigenvalue weighted by Gasteiger charge is -2.44. The Bertz CT molecular complexity index is 3410. The molecule has 0 atom stereocenters. The molecule has 4 heterocycles. The molecule has 0 spiro atoms. The first-order chi connectivity index (χ1) is 29.3. The summed E-state index contributed by atoms with van der Waals surface area (Å²) in [7, 11) is 0. The molecule has 0 N–H and O–H groups in total. The first-order valence-corrected chi connectivity index (χ1v) is 20.4. The molecular formula is C54H35BN4. The van der Waals surface area contributed by atoms with Gasteiger partial charge in [-0.3, -0.25) is 0 Å². The van der Waals surface area contributed by atoms with Crippen molar-refractivity contribution in [3.8, 4) is 11.4 Å². The molecule has 0 fully saturated rings. The zero-order valence-corrected chi connectivity index (χ0v) is 32.1. The monoisotopic (exact) mass is 750 g/mol. The summed E-state index contributed by atoms with van der Waals surface area (Å²) in [5.41, 5.74) is 18.0. The molecule has 2 aliphatic heterocycles. The Morgan fingerprint density at radius 3 is 1.29 bits per heavy atom. The summed E-state index contributed by atoms with van der Waals surface area (Å²) in [6.07, 6.45) is 0. The van der Waals surface area contributed by atoms with Crippen LogP contribution in [-0.2, 0) is 0 Å². The maximum Gasteiger partial charge on any atom is 0.252 e. The molecule has 4 nitrogen and oxygen atoms in total. The van der Waals surface area contributed by atoms with E-state index in [-0.39, 0.29) is 6.71 Å². The van der Waals surface area contributed by atoms with E-state index in [0.717, 1.165) is 22.7 Å². The van der Waals surface area contributed by atoms with E-state index in [9.17, 15) is 0 Å². The second-order valence-corrected chi connectivity index (χ2v) is 15.7. The Kier molecular flexibility index (Phi) is 6.78. The normalized spacial score (nSPS) is 13.0. The van der Waals surface area contributed by atoms with Gasteiger partial charge in [0, 0.05) is 61.4 Å². The van der Waals surface area contributed by atoms with Crippen LogP contribution < -0.4 is 26.2 Å². The van der Waals surface area contributed by atoms with E-state index in [1.165, 1.54) is 82.7 Å². The molecule has 0 saturated carbocycles. The summed E-state index contributed by atoms with van der Waals surface area (Å²) in [6, 6.07) is 78.1. The van der Waals surface area contributed by atoms with Crippen molar-refractivity contribution in [2.24, 2.45) is 0 Å². The number of hydrogen-bond donors (Lipinski definition) is 0. The Balaban J connectivity index is 1.20. The van der Waals surface area contributed by atoms with Gasteiger partial charge >= 0.3 is 0 Å². The van der Waals surface area contributed by atoms with E-state index < -0.39 is 0 Å². The molecule has 0 saturated heterocycles. The van der Waals surface area contributed by atoms with Crippen LogP contribution in [-0.4, -0.2) is 15.8 Å². The fraction of sp³-hybridized carbons (Fsp3) is 0. The summed E-state index contributed by atoms with van der Waals surface area (Å²) >= 11 is 0. The third-order valence-corrected chi connectivity index (χ3v) is 12.6. The maximum atomic E-state index is 2.53. The zero-order chi connectivity index (χ0) is 38.6. The number of hydrogen-bond acceptors (Lipinski definition) is 2. The molecule has 274 valence electrons. The van der Waals surface area contributed by atoms with Crippen LogP contribution in [0.15, 0.2) is 212 Å². The predicted octanol–water partition coefficient (Wildman–Crippen LogP) is 12.0. The van der Waals surface area contributed by atoms with Gasteiger partial charge in [-0.2, -0.15) is 0 Å². The van der Waals surface area contributed by atoms with Gasteiger partial charge in [-0.1, -0.05) is 133 Å². The van der Waals surface area contributed by atoms with E-state index in [0.29, 0.717) is 0 Å². The largest absolute Gasteiger partial charge is 0.311 e. The second-order valence-electron chi connectivity index (χ2n) is 15.7. The second kappa shape index (κ2) is 12.4. The lowest BCUT2D eigenvalue weighted by Crippen LogP contribution is -2.61. The van der Waals surface area contributed by atoms with Gasteiger partial charge in [0.2, 0.25) is 0 Å². The van der Waals surface area contributed by atoms with Crippen molar-refractivity contribution in [1.29, 1.82) is 0 Å². The van der Waals surface area contributed by atoms with E-state index in [1.54, 1.807) is 0 Å². The summed E-state index contributed by atoms with van der Waals surface area (Å²) in [4.78, 5) is 5.03. The Labute approximate surface area is 342 Å². The summed E-state index contributed by atoms with van der Waals surface area (Å²) in [5, 5.41) is 5.01. The fourth-order valence-corrected chi connectivity index (χ4v) is 10.3. The van der Waals surface area contributed by atoms with Gasteiger partial charge in [-0.15, -0.1) is 0 Å². The van der Waals surface area contributed by atoms with Gasteiger partial charge in [0.15, 0.2) is 0 Å². The number of aromatic nitrogens is 2. The third-order valence-electron chi connectivity index (χ3n) is 12.6. The molecule has 11 aromatic rings. The molecule has 0 unspecified atom stereocenters. The van der Waals surface area contributed by atoms with Crippen LogP contribution in [0.5, 0.6) is 0 Å². The molecule has 0 aliphatic carbocycles. The van der Waals surface area contributed by atoms with Gasteiger partial charge in [-0.05, 0) is 95.3 Å². The van der Waals surface area contributed by atoms with Gasteiger partial charge in [-0.25, -0.2) is 0 Å². The van der Waals surface area contributed by atoms with Crippen LogP contribution in [0.3, 0.4) is 0 Å². The lowest BCUT2D eigenvalue weighted by molar-refractivity contribution is 1.16. The minimum atomic E-state index is -0.0124. The number of para-hydroxylation sites is 7. The predicted molar refractivity (Wildman–Crippen MR) is 249 cm³/mol. The molecule has 9 aromatic carbocycles. The Morgan fingerprint density at radius 1 is 0.271 bits per heavy atom. The number of benzene rings is 9. The number of anilines is 6. The molecular weight excluding hydrogens is 715 g/mol. The average Bonchev–Trinajstić information content (AvgIpc) is 3.81. The fourth-order valence-electron chi connectivity index (χ4n) is 10.3. The van der Waals surface area contributed by atoms with Crippen LogP contribution in [0.25, 0.3) is 55.0 Å². The van der Waals surface area contributed by atoms with Crippen molar-refractivity contribution in [2.45, 2.75) is 0 Å². The zero-order valence-electron chi connectivity index (χ0n) is 32.1. The van der Waals surface area contributed by atoms with E-state index in [4.69, 9.17) is 0 Å². The Morgan fingerprint density at radius 2 is 0.712 bits per heavy atom. The minimum Gasteiger partial charge on any atom is -0.311 e. The summed E-state index contributed by atoms with van der Waals surface area (Å²) in [6.45, 7) is -0.0124. The van der Waals surface area contributed by atoms with Gasteiger partial charge < -0.3 is 18.9 Å². The summed E-state index contributed by atoms with van der Waals surface area (Å²) < 4.78 is 4.91. The van der Waals surface area contributed by atoms with Crippen LogP contribution >= 0.6 is 0 Å². The lowest BCUT2D eigenvalue weighted by atomic mass is 9.33. The SMILES string of the molecule is c1ccc(N2c3ccccc3B3c4cc5c6ccccc6n(-c6ccccc6)c5cc4N(c4ccccc4)c4cc(-n5c6ccccc6c6ccccc65)cc2c43)cc1. The topological polar surface area (TPSA) is 16.3 Å². The van der Waals surface area contributed by atoms with E-state index >= 15 is 0 Å². The van der Waals surface area contributed by atoms with Crippen molar-refractivity contribution in [2.75, 3.05) is 9.80 Å². The van der Waals surface area contributed by atoms with E-state index in [1.807, 2.05) is 0 Å². The van der Waals surface area contributed by atoms with Crippen molar-refractivity contribution in [3.63, 3.8) is 0 Å². The third kappa shape index (κ3) is 4.55. The molecule has 5 heteroatoms. The molecule has 0 amide bonds. The van der Waals surface area contributed by atoms with Crippen molar-refractivity contribution < 1.29 is 0 Å². The Hall–Kier alpha value is -7.76. The highest BCUT2D eigenvalue weighted by Gasteiger charge is 2.44. The number of nitrogens with zero attached hydrogens (tertiary/aromatic N) is 4. The smallest absolute Gasteiger partial charge is 0.252 e. The standard InChI is InChI=1S/C54H35BN4/c1-4-18-36(19-5-1)56-48-30-16-12-26-42(48)43-34-45-51(35-50(43)56)58(38-22-8-3-9-23-38)53-33-39(59-46-28-14-10-24-40(46)41-25-11-15-29-47(41)59)32-52-54(53)55(45)44-27-13-17-31-49(44)57(52)37-20-6-2-7-21-37/h1-35H. The van der Waals surface area contributed by atoms with Crippen LogP contribution in [0, 0.1) is 0 Å².